The van der Waals surface area contributed by atoms with Crippen molar-refractivity contribution in [2.45, 2.75) is 6.42 Å². The summed E-state index contributed by atoms with van der Waals surface area (Å²) >= 11 is 0. The molecule has 2 heterocycles. The van der Waals surface area contributed by atoms with Crippen molar-refractivity contribution in [3.8, 4) is 5.75 Å². The Morgan fingerprint density at radius 3 is 2.58 bits per heavy atom. The van der Waals surface area contributed by atoms with Gasteiger partial charge < -0.3 is 10.0 Å². The standard InChI is InChI=1S/C14H15N3O2/c1-17(9-5-11-2-6-15-7-3-11)14(19)12-4-8-16-10-13(12)18/h2-4,6-8,10,18H,5,9H2,1H3. The van der Waals surface area contributed by atoms with E-state index in [1.165, 1.54) is 18.5 Å². The smallest absolute Gasteiger partial charge is 0.257 e. The maximum atomic E-state index is 12.1. The van der Waals surface area contributed by atoms with E-state index in [0.29, 0.717) is 6.54 Å². The average Bonchev–Trinajstić information content (AvgIpc) is 2.45. The largest absolute Gasteiger partial charge is 0.505 e. The molecular weight excluding hydrogens is 242 g/mol. The van der Waals surface area contributed by atoms with Crippen LogP contribution in [0.4, 0.5) is 0 Å². The molecule has 0 saturated heterocycles. The van der Waals surface area contributed by atoms with Crippen molar-refractivity contribution >= 4 is 5.91 Å². The Morgan fingerprint density at radius 1 is 1.21 bits per heavy atom. The maximum absolute atomic E-state index is 12.1. The number of amides is 1. The summed E-state index contributed by atoms with van der Waals surface area (Å²) in [5.41, 5.74) is 1.39. The third kappa shape index (κ3) is 3.28. The van der Waals surface area contributed by atoms with Gasteiger partial charge in [0.25, 0.3) is 5.91 Å². The summed E-state index contributed by atoms with van der Waals surface area (Å²) in [7, 11) is 1.71. The number of hydrogen-bond donors (Lipinski definition) is 1. The predicted molar refractivity (Wildman–Crippen MR) is 70.8 cm³/mol. The molecule has 0 bridgehead atoms. The topological polar surface area (TPSA) is 66.3 Å². The second kappa shape index (κ2) is 5.95. The second-order valence-corrected chi connectivity index (χ2v) is 4.22. The first kappa shape index (κ1) is 13.0. The molecule has 0 spiro atoms. The van der Waals surface area contributed by atoms with Gasteiger partial charge in [0.05, 0.1) is 11.8 Å². The van der Waals surface area contributed by atoms with Crippen LogP contribution in [-0.2, 0) is 6.42 Å². The number of rotatable bonds is 4. The first-order valence-corrected chi connectivity index (χ1v) is 5.96. The molecule has 1 N–H and O–H groups in total. The van der Waals surface area contributed by atoms with Crippen LogP contribution in [-0.4, -0.2) is 39.5 Å². The van der Waals surface area contributed by atoms with E-state index in [0.717, 1.165) is 12.0 Å². The fourth-order valence-corrected chi connectivity index (χ4v) is 1.72. The van der Waals surface area contributed by atoms with Gasteiger partial charge in [-0.3, -0.25) is 14.8 Å². The fourth-order valence-electron chi connectivity index (χ4n) is 1.72. The Balaban J connectivity index is 1.99. The van der Waals surface area contributed by atoms with E-state index in [2.05, 4.69) is 9.97 Å². The van der Waals surface area contributed by atoms with Gasteiger partial charge in [0.15, 0.2) is 0 Å². The van der Waals surface area contributed by atoms with Crippen LogP contribution in [0, 0.1) is 0 Å². The van der Waals surface area contributed by atoms with Crippen molar-refractivity contribution in [1.29, 1.82) is 0 Å². The zero-order valence-electron chi connectivity index (χ0n) is 10.7. The van der Waals surface area contributed by atoms with Crippen LogP contribution in [0.25, 0.3) is 0 Å². The summed E-state index contributed by atoms with van der Waals surface area (Å²) in [6.07, 6.45) is 6.96. The van der Waals surface area contributed by atoms with Crippen molar-refractivity contribution < 1.29 is 9.90 Å². The molecule has 2 rings (SSSR count). The van der Waals surface area contributed by atoms with Crippen LogP contribution in [0.1, 0.15) is 15.9 Å². The predicted octanol–water partition coefficient (Wildman–Crippen LogP) is 1.50. The van der Waals surface area contributed by atoms with Crippen molar-refractivity contribution in [1.82, 2.24) is 14.9 Å². The molecule has 2 aromatic heterocycles. The molecule has 0 fully saturated rings. The Kier molecular flexibility index (Phi) is 4.07. The van der Waals surface area contributed by atoms with Gasteiger partial charge in [0, 0.05) is 32.2 Å². The SMILES string of the molecule is CN(CCc1ccncc1)C(=O)c1ccncc1O. The first-order chi connectivity index (χ1) is 9.18. The van der Waals surface area contributed by atoms with E-state index in [4.69, 9.17) is 0 Å². The molecule has 0 aromatic carbocycles. The van der Waals surface area contributed by atoms with Crippen LogP contribution in [0.2, 0.25) is 0 Å². The van der Waals surface area contributed by atoms with Gasteiger partial charge in [-0.05, 0) is 30.2 Å². The minimum atomic E-state index is -0.214. The normalized spacial score (nSPS) is 10.2. The molecule has 0 saturated carbocycles. The summed E-state index contributed by atoms with van der Waals surface area (Å²) in [4.78, 5) is 21.4. The maximum Gasteiger partial charge on any atom is 0.257 e. The molecule has 19 heavy (non-hydrogen) atoms. The molecular formula is C14H15N3O2. The number of aromatic nitrogens is 2. The fraction of sp³-hybridized carbons (Fsp3) is 0.214. The van der Waals surface area contributed by atoms with Gasteiger partial charge in [-0.25, -0.2) is 0 Å². The average molecular weight is 257 g/mol. The molecule has 0 aliphatic heterocycles. The lowest BCUT2D eigenvalue weighted by atomic mass is 10.1. The number of likely N-dealkylation sites (N-methyl/N-ethyl adjacent to an activating group) is 1. The minimum Gasteiger partial charge on any atom is -0.505 e. The van der Waals surface area contributed by atoms with Crippen molar-refractivity contribution in [3.05, 3.63) is 54.1 Å². The lowest BCUT2D eigenvalue weighted by Crippen LogP contribution is -2.28. The molecule has 0 radical (unpaired) electrons. The molecule has 5 nitrogen and oxygen atoms in total. The van der Waals surface area contributed by atoms with Crippen LogP contribution in [0.3, 0.4) is 0 Å². The van der Waals surface area contributed by atoms with Crippen molar-refractivity contribution in [2.24, 2.45) is 0 Å². The number of aromatic hydroxyl groups is 1. The van der Waals surface area contributed by atoms with Crippen LogP contribution in [0.5, 0.6) is 5.75 Å². The number of hydrogen-bond acceptors (Lipinski definition) is 4. The van der Waals surface area contributed by atoms with E-state index in [9.17, 15) is 9.90 Å². The minimum absolute atomic E-state index is 0.0942. The van der Waals surface area contributed by atoms with Crippen molar-refractivity contribution in [3.63, 3.8) is 0 Å². The van der Waals surface area contributed by atoms with Gasteiger partial charge in [0.1, 0.15) is 5.75 Å². The third-order valence-electron chi connectivity index (χ3n) is 2.86. The molecule has 0 aliphatic rings. The molecule has 98 valence electrons. The Labute approximate surface area is 111 Å². The van der Waals surface area contributed by atoms with Crippen LogP contribution < -0.4 is 0 Å². The number of nitrogens with zero attached hydrogens (tertiary/aromatic N) is 3. The highest BCUT2D eigenvalue weighted by molar-refractivity contribution is 5.96. The highest BCUT2D eigenvalue weighted by Crippen LogP contribution is 2.15. The van der Waals surface area contributed by atoms with E-state index in [1.54, 1.807) is 24.3 Å². The second-order valence-electron chi connectivity index (χ2n) is 4.22. The zero-order chi connectivity index (χ0) is 13.7. The Morgan fingerprint density at radius 2 is 1.89 bits per heavy atom. The van der Waals surface area contributed by atoms with E-state index in [1.807, 2.05) is 12.1 Å². The van der Waals surface area contributed by atoms with Gasteiger partial charge in [-0.2, -0.15) is 0 Å². The summed E-state index contributed by atoms with van der Waals surface area (Å²) in [5, 5.41) is 9.60. The number of carbonyl (C=O) groups is 1. The lowest BCUT2D eigenvalue weighted by molar-refractivity contribution is 0.0793. The molecule has 0 atom stereocenters. The summed E-state index contributed by atoms with van der Waals surface area (Å²) in [6, 6.07) is 5.35. The van der Waals surface area contributed by atoms with Gasteiger partial charge in [-0.1, -0.05) is 0 Å². The van der Waals surface area contributed by atoms with E-state index in [-0.39, 0.29) is 17.2 Å². The van der Waals surface area contributed by atoms with Crippen LogP contribution in [0.15, 0.2) is 43.0 Å². The van der Waals surface area contributed by atoms with Gasteiger partial charge in [0.2, 0.25) is 0 Å². The van der Waals surface area contributed by atoms with Crippen molar-refractivity contribution in [2.75, 3.05) is 13.6 Å². The lowest BCUT2D eigenvalue weighted by Gasteiger charge is -2.17. The Hall–Kier alpha value is -2.43. The molecule has 0 aliphatic carbocycles. The summed E-state index contributed by atoms with van der Waals surface area (Å²) < 4.78 is 0. The number of carbonyl (C=O) groups excluding carboxylic acids is 1. The number of pyridine rings is 2. The highest BCUT2D eigenvalue weighted by Gasteiger charge is 2.15. The summed E-state index contributed by atoms with van der Waals surface area (Å²) in [6.45, 7) is 0.574. The molecule has 2 aromatic rings. The zero-order valence-corrected chi connectivity index (χ0v) is 10.7. The van der Waals surface area contributed by atoms with E-state index >= 15 is 0 Å². The first-order valence-electron chi connectivity index (χ1n) is 5.96. The Bertz CT molecular complexity index is 558. The highest BCUT2D eigenvalue weighted by atomic mass is 16.3. The summed E-state index contributed by atoms with van der Waals surface area (Å²) in [5.74, 6) is -0.308. The van der Waals surface area contributed by atoms with E-state index < -0.39 is 0 Å². The molecule has 0 unspecified atom stereocenters. The molecule has 1 amide bonds. The molecule has 5 heteroatoms. The monoisotopic (exact) mass is 257 g/mol. The van der Waals surface area contributed by atoms with Gasteiger partial charge in [-0.15, -0.1) is 0 Å². The quantitative estimate of drug-likeness (QED) is 0.901. The third-order valence-corrected chi connectivity index (χ3v) is 2.86. The van der Waals surface area contributed by atoms with Crippen LogP contribution >= 0.6 is 0 Å². The van der Waals surface area contributed by atoms with Gasteiger partial charge >= 0.3 is 0 Å².